The van der Waals surface area contributed by atoms with Gasteiger partial charge < -0.3 is 20.3 Å². The first-order valence-corrected chi connectivity index (χ1v) is 10.4. The quantitative estimate of drug-likeness (QED) is 0.606. The lowest BCUT2D eigenvalue weighted by Crippen LogP contribution is -2.45. The van der Waals surface area contributed by atoms with Gasteiger partial charge in [-0.2, -0.15) is 5.10 Å². The molecule has 2 N–H and O–H groups in total. The Balaban J connectivity index is 2.15. The molecule has 0 saturated heterocycles. The van der Waals surface area contributed by atoms with E-state index in [1.165, 1.54) is 21.7 Å². The summed E-state index contributed by atoms with van der Waals surface area (Å²) in [5.74, 6) is -0.981. The van der Waals surface area contributed by atoms with Crippen molar-refractivity contribution < 1.29 is 23.5 Å². The Bertz CT molecular complexity index is 950. The molecule has 0 aliphatic heterocycles. The fourth-order valence-corrected chi connectivity index (χ4v) is 2.77. The molecule has 0 spiro atoms. The molecular formula is C22H30FN5O4. The van der Waals surface area contributed by atoms with Crippen LogP contribution in [0.15, 0.2) is 30.3 Å². The van der Waals surface area contributed by atoms with Crippen molar-refractivity contribution in [1.29, 1.82) is 0 Å². The van der Waals surface area contributed by atoms with Gasteiger partial charge in [-0.1, -0.05) is 20.8 Å². The maximum absolute atomic E-state index is 13.3. The second kappa shape index (κ2) is 10.7. The SMILES string of the molecule is CCOC(=O)CNC(=O)N(CC)CC(=O)Nc1cc(C(C)(C)C)nn1-c1ccc(F)cc1. The van der Waals surface area contributed by atoms with Gasteiger partial charge in [-0.3, -0.25) is 9.59 Å². The zero-order valence-electron chi connectivity index (χ0n) is 19.1. The average Bonchev–Trinajstić information content (AvgIpc) is 3.15. The van der Waals surface area contributed by atoms with Gasteiger partial charge in [0.2, 0.25) is 5.91 Å². The number of nitrogens with one attached hydrogen (secondary N) is 2. The summed E-state index contributed by atoms with van der Waals surface area (Å²) >= 11 is 0. The van der Waals surface area contributed by atoms with Crippen LogP contribution in [0.1, 0.15) is 40.3 Å². The number of esters is 1. The molecule has 1 aromatic carbocycles. The maximum Gasteiger partial charge on any atom is 0.325 e. The van der Waals surface area contributed by atoms with Gasteiger partial charge in [-0.05, 0) is 38.1 Å². The van der Waals surface area contributed by atoms with Crippen LogP contribution in [-0.2, 0) is 19.7 Å². The highest BCUT2D eigenvalue weighted by Gasteiger charge is 2.23. The Morgan fingerprint density at radius 3 is 2.38 bits per heavy atom. The molecule has 0 aliphatic carbocycles. The first-order chi connectivity index (χ1) is 15.0. The number of nitrogens with zero attached hydrogens (tertiary/aromatic N) is 3. The third-order valence-electron chi connectivity index (χ3n) is 4.51. The van der Waals surface area contributed by atoms with Crippen LogP contribution in [0.25, 0.3) is 5.69 Å². The first-order valence-electron chi connectivity index (χ1n) is 10.4. The van der Waals surface area contributed by atoms with Crippen LogP contribution in [0.5, 0.6) is 0 Å². The Labute approximate surface area is 186 Å². The first kappa shape index (κ1) is 24.8. The van der Waals surface area contributed by atoms with E-state index in [1.807, 2.05) is 20.8 Å². The second-order valence-corrected chi connectivity index (χ2v) is 8.08. The predicted molar refractivity (Wildman–Crippen MR) is 118 cm³/mol. The van der Waals surface area contributed by atoms with Crippen LogP contribution < -0.4 is 10.6 Å². The summed E-state index contributed by atoms with van der Waals surface area (Å²) in [6, 6.07) is 6.94. The van der Waals surface area contributed by atoms with Crippen molar-refractivity contribution in [2.24, 2.45) is 0 Å². The van der Waals surface area contributed by atoms with Crippen molar-refractivity contribution in [3.05, 3.63) is 41.8 Å². The lowest BCUT2D eigenvalue weighted by atomic mass is 9.92. The van der Waals surface area contributed by atoms with Crippen LogP contribution in [-0.4, -0.2) is 58.8 Å². The molecule has 2 aromatic rings. The average molecular weight is 448 g/mol. The van der Waals surface area contributed by atoms with E-state index in [4.69, 9.17) is 4.74 Å². The van der Waals surface area contributed by atoms with Crippen LogP contribution >= 0.6 is 0 Å². The van der Waals surface area contributed by atoms with Crippen LogP contribution in [0.3, 0.4) is 0 Å². The Morgan fingerprint density at radius 2 is 1.81 bits per heavy atom. The van der Waals surface area contributed by atoms with E-state index in [-0.39, 0.29) is 37.5 Å². The number of hydrogen-bond donors (Lipinski definition) is 2. The number of aromatic nitrogens is 2. The zero-order chi connectivity index (χ0) is 23.9. The lowest BCUT2D eigenvalue weighted by Gasteiger charge is -2.20. The predicted octanol–water partition coefficient (Wildman–Crippen LogP) is 2.84. The van der Waals surface area contributed by atoms with Gasteiger partial charge >= 0.3 is 12.0 Å². The topological polar surface area (TPSA) is 106 Å². The van der Waals surface area contributed by atoms with E-state index >= 15 is 0 Å². The number of amides is 3. The molecule has 0 unspecified atom stereocenters. The van der Waals surface area contributed by atoms with E-state index < -0.39 is 17.9 Å². The zero-order valence-corrected chi connectivity index (χ0v) is 19.1. The number of carbonyl (C=O) groups is 3. The highest BCUT2D eigenvalue weighted by Crippen LogP contribution is 2.26. The fraction of sp³-hybridized carbons (Fsp3) is 0.455. The highest BCUT2D eigenvalue weighted by atomic mass is 19.1. The van der Waals surface area contributed by atoms with Gasteiger partial charge in [-0.15, -0.1) is 0 Å². The van der Waals surface area contributed by atoms with Crippen molar-refractivity contribution in [3.63, 3.8) is 0 Å². The van der Waals surface area contributed by atoms with Crippen LogP contribution in [0, 0.1) is 5.82 Å². The van der Waals surface area contributed by atoms with Gasteiger partial charge in [0, 0.05) is 18.0 Å². The molecule has 0 fully saturated rings. The molecule has 0 bridgehead atoms. The Morgan fingerprint density at radius 1 is 1.16 bits per heavy atom. The number of halogens is 1. The molecule has 1 aromatic heterocycles. The number of rotatable bonds is 8. The lowest BCUT2D eigenvalue weighted by molar-refractivity contribution is -0.141. The molecule has 174 valence electrons. The van der Waals surface area contributed by atoms with E-state index in [0.717, 1.165) is 5.69 Å². The highest BCUT2D eigenvalue weighted by molar-refractivity contribution is 5.94. The largest absolute Gasteiger partial charge is 0.465 e. The minimum absolute atomic E-state index is 0.215. The summed E-state index contributed by atoms with van der Waals surface area (Å²) in [6.45, 7) is 9.32. The summed E-state index contributed by atoms with van der Waals surface area (Å²) < 4.78 is 19.6. The van der Waals surface area contributed by atoms with Crippen molar-refractivity contribution in [2.75, 3.05) is 31.6 Å². The Kier molecular flexibility index (Phi) is 8.34. The van der Waals surface area contributed by atoms with Crippen molar-refractivity contribution in [1.82, 2.24) is 20.0 Å². The van der Waals surface area contributed by atoms with Crippen LogP contribution in [0.4, 0.5) is 15.0 Å². The molecule has 0 saturated carbocycles. The smallest absolute Gasteiger partial charge is 0.325 e. The number of likely N-dealkylation sites (N-methyl/N-ethyl adjacent to an activating group) is 1. The summed E-state index contributed by atoms with van der Waals surface area (Å²) in [7, 11) is 0. The molecule has 32 heavy (non-hydrogen) atoms. The van der Waals surface area contributed by atoms with Crippen molar-refractivity contribution in [2.45, 2.75) is 40.0 Å². The van der Waals surface area contributed by atoms with E-state index in [9.17, 15) is 18.8 Å². The summed E-state index contributed by atoms with van der Waals surface area (Å²) in [4.78, 5) is 37.7. The minimum Gasteiger partial charge on any atom is -0.465 e. The summed E-state index contributed by atoms with van der Waals surface area (Å²) in [5, 5.41) is 9.78. The molecule has 9 nitrogen and oxygen atoms in total. The molecule has 10 heteroatoms. The van der Waals surface area contributed by atoms with E-state index in [2.05, 4.69) is 15.7 Å². The van der Waals surface area contributed by atoms with Crippen molar-refractivity contribution >= 4 is 23.7 Å². The summed E-state index contributed by atoms with van der Waals surface area (Å²) in [5.41, 5.74) is 1.03. The Hall–Kier alpha value is -3.43. The molecule has 0 radical (unpaired) electrons. The normalized spacial score (nSPS) is 11.1. The maximum atomic E-state index is 13.3. The van der Waals surface area contributed by atoms with E-state index in [0.29, 0.717) is 11.5 Å². The fourth-order valence-electron chi connectivity index (χ4n) is 2.77. The van der Waals surface area contributed by atoms with Gasteiger partial charge in [0.15, 0.2) is 0 Å². The molecule has 1 heterocycles. The number of anilines is 1. The van der Waals surface area contributed by atoms with E-state index in [1.54, 1.807) is 32.0 Å². The number of carbonyl (C=O) groups excluding carboxylic acids is 3. The summed E-state index contributed by atoms with van der Waals surface area (Å²) in [6.07, 6.45) is 0. The van der Waals surface area contributed by atoms with Crippen molar-refractivity contribution in [3.8, 4) is 5.69 Å². The third-order valence-corrected chi connectivity index (χ3v) is 4.51. The molecule has 3 amide bonds. The van der Waals surface area contributed by atoms with Gasteiger partial charge in [0.05, 0.1) is 18.0 Å². The number of ether oxygens (including phenoxy) is 1. The number of urea groups is 1. The molecule has 0 atom stereocenters. The number of hydrogen-bond acceptors (Lipinski definition) is 5. The molecule has 2 rings (SSSR count). The molecular weight excluding hydrogens is 417 g/mol. The standard InChI is InChI=1S/C22H30FN5O4/c1-6-27(21(31)24-13-20(30)32-7-2)14-19(29)25-18-12-17(22(3,4)5)26-28(18)16-10-8-15(23)9-11-16/h8-12H,6-7,13-14H2,1-5H3,(H,24,31)(H,25,29). The molecule has 0 aliphatic rings. The van der Waals surface area contributed by atoms with Gasteiger partial charge in [0.25, 0.3) is 0 Å². The van der Waals surface area contributed by atoms with Gasteiger partial charge in [-0.25, -0.2) is 13.9 Å². The van der Waals surface area contributed by atoms with Crippen LogP contribution in [0.2, 0.25) is 0 Å². The minimum atomic E-state index is -0.557. The monoisotopic (exact) mass is 447 g/mol. The van der Waals surface area contributed by atoms with Gasteiger partial charge in [0.1, 0.15) is 24.7 Å². The third kappa shape index (κ3) is 6.79. The number of benzene rings is 1. The second-order valence-electron chi connectivity index (χ2n) is 8.08.